The van der Waals surface area contributed by atoms with Crippen LogP contribution in [0.2, 0.25) is 0 Å². The van der Waals surface area contributed by atoms with E-state index in [2.05, 4.69) is 20.9 Å². The van der Waals surface area contributed by atoms with Gasteiger partial charge in [0.05, 0.1) is 6.07 Å². The number of hydrogen-bond acceptors (Lipinski definition) is 5. The number of nitrogens with zero attached hydrogens (tertiary/aromatic N) is 4. The summed E-state index contributed by atoms with van der Waals surface area (Å²) in [7, 11) is 0. The summed E-state index contributed by atoms with van der Waals surface area (Å²) in [5.74, 6) is -0.518. The Labute approximate surface area is 118 Å². The Balaban J connectivity index is 2.06. The van der Waals surface area contributed by atoms with Crippen LogP contribution in [0, 0.1) is 11.3 Å². The first-order valence-electron chi connectivity index (χ1n) is 6.61. The lowest BCUT2D eigenvalue weighted by Crippen LogP contribution is -2.54. The first-order valence-corrected chi connectivity index (χ1v) is 6.61. The van der Waals surface area contributed by atoms with Gasteiger partial charge in [0, 0.05) is 38.1 Å². The third-order valence-corrected chi connectivity index (χ3v) is 3.70. The molecule has 6 heteroatoms. The molecule has 2 heterocycles. The standard InChI is InChI=1S/C14H19N5O/c1-14(2,10-15)19-7-5-18(6-8-19)11-3-4-17-12(9-11)13(16)20/h3-4,9H,5-8H2,1-2H3,(H2,16,20). The van der Waals surface area contributed by atoms with Crippen molar-refractivity contribution in [2.45, 2.75) is 19.4 Å². The first kappa shape index (κ1) is 14.3. The fourth-order valence-corrected chi connectivity index (χ4v) is 2.35. The Bertz CT molecular complexity index is 541. The summed E-state index contributed by atoms with van der Waals surface area (Å²) in [4.78, 5) is 19.4. The monoisotopic (exact) mass is 273 g/mol. The molecule has 2 rings (SSSR count). The van der Waals surface area contributed by atoms with Crippen molar-refractivity contribution in [1.82, 2.24) is 9.88 Å². The predicted octanol–water partition coefficient (Wildman–Crippen LogP) is 0.605. The van der Waals surface area contributed by atoms with Crippen LogP contribution < -0.4 is 10.6 Å². The van der Waals surface area contributed by atoms with Crippen LogP contribution in [-0.4, -0.2) is 47.5 Å². The third-order valence-electron chi connectivity index (χ3n) is 3.70. The molecule has 1 saturated heterocycles. The first-order chi connectivity index (χ1) is 9.44. The van der Waals surface area contributed by atoms with E-state index in [0.29, 0.717) is 0 Å². The number of carbonyl (C=O) groups is 1. The number of hydrogen-bond donors (Lipinski definition) is 1. The molecule has 0 radical (unpaired) electrons. The number of rotatable bonds is 3. The van der Waals surface area contributed by atoms with Crippen molar-refractivity contribution in [1.29, 1.82) is 5.26 Å². The summed E-state index contributed by atoms with van der Waals surface area (Å²) in [6.45, 7) is 7.12. The van der Waals surface area contributed by atoms with Gasteiger partial charge in [-0.05, 0) is 26.0 Å². The average molecular weight is 273 g/mol. The Morgan fingerprint density at radius 2 is 2.05 bits per heavy atom. The molecule has 2 N–H and O–H groups in total. The smallest absolute Gasteiger partial charge is 0.267 e. The molecule has 1 aliphatic heterocycles. The topological polar surface area (TPSA) is 86.2 Å². The fraction of sp³-hybridized carbons (Fsp3) is 0.500. The number of primary amides is 1. The van der Waals surface area contributed by atoms with Crippen LogP contribution in [-0.2, 0) is 0 Å². The van der Waals surface area contributed by atoms with E-state index in [4.69, 9.17) is 11.0 Å². The number of pyridine rings is 1. The van der Waals surface area contributed by atoms with Gasteiger partial charge >= 0.3 is 0 Å². The number of aromatic nitrogens is 1. The van der Waals surface area contributed by atoms with E-state index in [1.165, 1.54) is 0 Å². The maximum absolute atomic E-state index is 11.2. The number of piperazine rings is 1. The minimum Gasteiger partial charge on any atom is -0.369 e. The van der Waals surface area contributed by atoms with Gasteiger partial charge in [0.25, 0.3) is 5.91 Å². The van der Waals surface area contributed by atoms with Crippen LogP contribution in [0.1, 0.15) is 24.3 Å². The predicted molar refractivity (Wildman–Crippen MR) is 76.2 cm³/mol. The maximum atomic E-state index is 11.2. The summed E-state index contributed by atoms with van der Waals surface area (Å²) in [5.41, 5.74) is 6.03. The molecule has 0 atom stereocenters. The summed E-state index contributed by atoms with van der Waals surface area (Å²) in [5, 5.41) is 9.16. The van der Waals surface area contributed by atoms with Crippen molar-refractivity contribution in [2.75, 3.05) is 31.1 Å². The van der Waals surface area contributed by atoms with Gasteiger partial charge in [-0.25, -0.2) is 0 Å². The molecule has 0 unspecified atom stereocenters. The molecule has 0 aliphatic carbocycles. The molecule has 1 aliphatic rings. The minimum absolute atomic E-state index is 0.280. The maximum Gasteiger partial charge on any atom is 0.267 e. The lowest BCUT2D eigenvalue weighted by Gasteiger charge is -2.41. The lowest BCUT2D eigenvalue weighted by atomic mass is 10.0. The van der Waals surface area contributed by atoms with Crippen LogP contribution in [0.15, 0.2) is 18.3 Å². The Hall–Kier alpha value is -2.13. The van der Waals surface area contributed by atoms with Crippen LogP contribution in [0.4, 0.5) is 5.69 Å². The van der Waals surface area contributed by atoms with E-state index >= 15 is 0 Å². The zero-order chi connectivity index (χ0) is 14.8. The lowest BCUT2D eigenvalue weighted by molar-refractivity contribution is 0.0995. The van der Waals surface area contributed by atoms with E-state index in [9.17, 15) is 4.79 Å². The van der Waals surface area contributed by atoms with E-state index in [1.54, 1.807) is 12.3 Å². The number of amides is 1. The highest BCUT2D eigenvalue weighted by atomic mass is 16.1. The molecule has 106 valence electrons. The molecule has 1 aromatic rings. The van der Waals surface area contributed by atoms with Crippen molar-refractivity contribution in [3.05, 3.63) is 24.0 Å². The van der Waals surface area contributed by atoms with Crippen molar-refractivity contribution in [3.63, 3.8) is 0 Å². The molecular weight excluding hydrogens is 254 g/mol. The molecule has 20 heavy (non-hydrogen) atoms. The summed E-state index contributed by atoms with van der Waals surface area (Å²) in [6, 6.07) is 5.91. The van der Waals surface area contributed by atoms with Gasteiger partial charge in [0.15, 0.2) is 0 Å². The SMILES string of the molecule is CC(C)(C#N)N1CCN(c2ccnc(C(N)=O)c2)CC1. The highest BCUT2D eigenvalue weighted by molar-refractivity contribution is 5.91. The van der Waals surface area contributed by atoms with Crippen LogP contribution in [0.25, 0.3) is 0 Å². The van der Waals surface area contributed by atoms with Crippen molar-refractivity contribution >= 4 is 11.6 Å². The van der Waals surface area contributed by atoms with Crippen LogP contribution in [0.5, 0.6) is 0 Å². The van der Waals surface area contributed by atoms with Crippen LogP contribution >= 0.6 is 0 Å². The number of nitrogens with two attached hydrogens (primary N) is 1. The number of anilines is 1. The Kier molecular flexibility index (Phi) is 3.91. The summed E-state index contributed by atoms with van der Waals surface area (Å²) < 4.78 is 0. The second-order valence-electron chi connectivity index (χ2n) is 5.41. The highest BCUT2D eigenvalue weighted by Gasteiger charge is 2.29. The Morgan fingerprint density at radius 1 is 1.40 bits per heavy atom. The summed E-state index contributed by atoms with van der Waals surface area (Å²) in [6.07, 6.45) is 1.60. The van der Waals surface area contributed by atoms with Crippen molar-refractivity contribution in [3.8, 4) is 6.07 Å². The third kappa shape index (κ3) is 2.89. The molecule has 1 aromatic heterocycles. The molecule has 0 saturated carbocycles. The normalized spacial score (nSPS) is 16.8. The second-order valence-corrected chi connectivity index (χ2v) is 5.41. The largest absolute Gasteiger partial charge is 0.369 e. The van der Waals surface area contributed by atoms with E-state index in [1.807, 2.05) is 19.9 Å². The molecule has 6 nitrogen and oxygen atoms in total. The zero-order valence-electron chi connectivity index (χ0n) is 11.8. The zero-order valence-corrected chi connectivity index (χ0v) is 11.8. The average Bonchev–Trinajstić information content (AvgIpc) is 2.47. The van der Waals surface area contributed by atoms with Crippen LogP contribution in [0.3, 0.4) is 0 Å². The molecule has 1 fully saturated rings. The Morgan fingerprint density at radius 3 is 2.60 bits per heavy atom. The molecule has 0 bridgehead atoms. The molecule has 0 spiro atoms. The fourth-order valence-electron chi connectivity index (χ4n) is 2.35. The van der Waals surface area contributed by atoms with E-state index in [-0.39, 0.29) is 5.69 Å². The van der Waals surface area contributed by atoms with Gasteiger partial charge in [-0.15, -0.1) is 0 Å². The molecular formula is C14H19N5O. The highest BCUT2D eigenvalue weighted by Crippen LogP contribution is 2.20. The van der Waals surface area contributed by atoms with Crippen molar-refractivity contribution < 1.29 is 4.79 Å². The van der Waals surface area contributed by atoms with Gasteiger partial charge in [-0.2, -0.15) is 5.26 Å². The quantitative estimate of drug-likeness (QED) is 0.871. The summed E-state index contributed by atoms with van der Waals surface area (Å²) >= 11 is 0. The number of nitriles is 1. The molecule has 0 aromatic carbocycles. The second kappa shape index (κ2) is 5.47. The van der Waals surface area contributed by atoms with Gasteiger partial charge in [0.1, 0.15) is 11.2 Å². The van der Waals surface area contributed by atoms with Gasteiger partial charge in [-0.1, -0.05) is 0 Å². The van der Waals surface area contributed by atoms with Gasteiger partial charge < -0.3 is 10.6 Å². The van der Waals surface area contributed by atoms with E-state index < -0.39 is 11.4 Å². The minimum atomic E-state index is -0.518. The molecule has 1 amide bonds. The number of carbonyl (C=O) groups excluding carboxylic acids is 1. The van der Waals surface area contributed by atoms with Gasteiger partial charge in [-0.3, -0.25) is 14.7 Å². The van der Waals surface area contributed by atoms with Gasteiger partial charge in [0.2, 0.25) is 0 Å². The van der Waals surface area contributed by atoms with E-state index in [0.717, 1.165) is 31.9 Å². The van der Waals surface area contributed by atoms with Crippen molar-refractivity contribution in [2.24, 2.45) is 5.73 Å².